The van der Waals surface area contributed by atoms with Crippen LogP contribution in [-0.4, -0.2) is 50.0 Å². The Morgan fingerprint density at radius 1 is 1.55 bits per heavy atom. The van der Waals surface area contributed by atoms with E-state index in [9.17, 15) is 13.2 Å². The zero-order valence-electron chi connectivity index (χ0n) is 6.49. The van der Waals surface area contributed by atoms with Crippen LogP contribution in [0.25, 0.3) is 0 Å². The standard InChI is InChI=1S/C4H9NO4S.Li/c1-4(6)5-2-3-10(7,8)9;/h2-3H2,1H3,(H,5,6)(H,7,8,9);. The summed E-state index contributed by atoms with van der Waals surface area (Å²) in [5.41, 5.74) is 0. The summed E-state index contributed by atoms with van der Waals surface area (Å²) in [4.78, 5) is 10.1. The molecule has 1 radical (unpaired) electrons. The summed E-state index contributed by atoms with van der Waals surface area (Å²) < 4.78 is 28.2. The summed E-state index contributed by atoms with van der Waals surface area (Å²) in [6, 6.07) is 0. The molecule has 11 heavy (non-hydrogen) atoms. The molecule has 0 atom stereocenters. The van der Waals surface area contributed by atoms with Crippen LogP contribution in [0, 0.1) is 0 Å². The van der Waals surface area contributed by atoms with Gasteiger partial charge in [0.2, 0.25) is 5.91 Å². The van der Waals surface area contributed by atoms with Crippen LogP contribution in [0.15, 0.2) is 0 Å². The monoisotopic (exact) mass is 174 g/mol. The van der Waals surface area contributed by atoms with Gasteiger partial charge in [-0.2, -0.15) is 8.42 Å². The summed E-state index contributed by atoms with van der Waals surface area (Å²) >= 11 is 0. The Hall–Kier alpha value is -0.0226. The number of nitrogens with one attached hydrogen (secondary N) is 1. The van der Waals surface area contributed by atoms with Crippen LogP contribution >= 0.6 is 0 Å². The Bertz CT molecular complexity index is 212. The van der Waals surface area contributed by atoms with Crippen molar-refractivity contribution in [2.24, 2.45) is 0 Å². The van der Waals surface area contributed by atoms with E-state index in [0.717, 1.165) is 0 Å². The third kappa shape index (κ3) is 13.0. The van der Waals surface area contributed by atoms with Gasteiger partial charge < -0.3 is 5.32 Å². The van der Waals surface area contributed by atoms with Gasteiger partial charge in [-0.1, -0.05) is 0 Å². The van der Waals surface area contributed by atoms with Crippen LogP contribution < -0.4 is 5.32 Å². The molecule has 1 amide bonds. The molecule has 0 aliphatic heterocycles. The van der Waals surface area contributed by atoms with Crippen molar-refractivity contribution >= 4 is 34.9 Å². The second-order valence-electron chi connectivity index (χ2n) is 1.77. The van der Waals surface area contributed by atoms with E-state index in [2.05, 4.69) is 5.32 Å². The normalized spacial score (nSPS) is 10.0. The molecule has 7 heteroatoms. The van der Waals surface area contributed by atoms with E-state index in [0.29, 0.717) is 0 Å². The molecule has 0 aliphatic carbocycles. The summed E-state index contributed by atoms with van der Waals surface area (Å²) in [7, 11) is -3.93. The maximum atomic E-state index is 10.1. The number of carbonyl (C=O) groups is 1. The molecule has 0 heterocycles. The van der Waals surface area contributed by atoms with Crippen molar-refractivity contribution in [2.75, 3.05) is 12.3 Å². The first-order valence-electron chi connectivity index (χ1n) is 2.61. The molecule has 0 saturated carbocycles. The second kappa shape index (κ2) is 5.61. The van der Waals surface area contributed by atoms with Gasteiger partial charge in [-0.25, -0.2) is 0 Å². The molecule has 0 unspecified atom stereocenters. The van der Waals surface area contributed by atoms with Gasteiger partial charge in [0.25, 0.3) is 10.1 Å². The van der Waals surface area contributed by atoms with E-state index in [-0.39, 0.29) is 31.3 Å². The predicted molar refractivity (Wildman–Crippen MR) is 40.9 cm³/mol. The molecule has 5 nitrogen and oxygen atoms in total. The van der Waals surface area contributed by atoms with Gasteiger partial charge in [0, 0.05) is 32.3 Å². The van der Waals surface area contributed by atoms with E-state index < -0.39 is 15.9 Å². The molecule has 0 rings (SSSR count). The molecule has 61 valence electrons. The Morgan fingerprint density at radius 2 is 2.00 bits per heavy atom. The van der Waals surface area contributed by atoms with E-state index >= 15 is 0 Å². The molecule has 0 aromatic heterocycles. The Labute approximate surface area is 77.5 Å². The average Bonchev–Trinajstić information content (AvgIpc) is 1.59. The van der Waals surface area contributed by atoms with Crippen LogP contribution in [-0.2, 0) is 14.9 Å². The molecule has 0 aromatic carbocycles. The maximum Gasteiger partial charge on any atom is 0.266 e. The van der Waals surface area contributed by atoms with Crippen molar-refractivity contribution in [3.8, 4) is 0 Å². The van der Waals surface area contributed by atoms with E-state index in [1.165, 1.54) is 6.92 Å². The first-order valence-corrected chi connectivity index (χ1v) is 4.22. The van der Waals surface area contributed by atoms with Crippen molar-refractivity contribution in [1.29, 1.82) is 0 Å². The summed E-state index contributed by atoms with van der Waals surface area (Å²) in [6.07, 6.45) is 0. The van der Waals surface area contributed by atoms with Gasteiger partial charge in [-0.15, -0.1) is 0 Å². The van der Waals surface area contributed by atoms with Crippen LogP contribution in [0.3, 0.4) is 0 Å². The zero-order valence-corrected chi connectivity index (χ0v) is 7.31. The fourth-order valence-corrected chi connectivity index (χ4v) is 0.716. The van der Waals surface area contributed by atoms with Crippen molar-refractivity contribution < 1.29 is 17.8 Å². The largest absolute Gasteiger partial charge is 0.355 e. The van der Waals surface area contributed by atoms with Crippen LogP contribution in [0.1, 0.15) is 6.92 Å². The fraction of sp³-hybridized carbons (Fsp3) is 0.750. The van der Waals surface area contributed by atoms with Gasteiger partial charge in [-0.3, -0.25) is 9.35 Å². The molecule has 0 fully saturated rings. The third-order valence-electron chi connectivity index (χ3n) is 0.734. The van der Waals surface area contributed by atoms with Crippen molar-refractivity contribution in [3.05, 3.63) is 0 Å². The quantitative estimate of drug-likeness (QED) is 0.408. The zero-order chi connectivity index (χ0) is 8.20. The first-order chi connectivity index (χ1) is 4.42. The summed E-state index contributed by atoms with van der Waals surface area (Å²) in [6.45, 7) is 1.22. The SMILES string of the molecule is CC(=O)NCCS(=O)(=O)O.[Li]. The Balaban J connectivity index is 0. The molecule has 0 spiro atoms. The number of hydrogen-bond acceptors (Lipinski definition) is 3. The predicted octanol–water partition coefficient (Wildman–Crippen LogP) is -1.37. The van der Waals surface area contributed by atoms with E-state index in [1.807, 2.05) is 0 Å². The van der Waals surface area contributed by atoms with Crippen LogP contribution in [0.2, 0.25) is 0 Å². The van der Waals surface area contributed by atoms with E-state index in [1.54, 1.807) is 0 Å². The van der Waals surface area contributed by atoms with Gasteiger partial charge in [0.15, 0.2) is 0 Å². The number of amides is 1. The average molecular weight is 174 g/mol. The molecule has 0 bridgehead atoms. The minimum atomic E-state index is -3.93. The molecular weight excluding hydrogens is 165 g/mol. The number of hydrogen-bond donors (Lipinski definition) is 2. The Morgan fingerprint density at radius 3 is 2.27 bits per heavy atom. The van der Waals surface area contributed by atoms with Crippen LogP contribution in [0.5, 0.6) is 0 Å². The van der Waals surface area contributed by atoms with Crippen molar-refractivity contribution in [2.45, 2.75) is 6.92 Å². The van der Waals surface area contributed by atoms with Crippen LogP contribution in [0.4, 0.5) is 0 Å². The minimum absolute atomic E-state index is 0. The summed E-state index contributed by atoms with van der Waals surface area (Å²) in [5, 5.41) is 2.22. The van der Waals surface area contributed by atoms with Gasteiger partial charge >= 0.3 is 0 Å². The Kier molecular flexibility index (Phi) is 6.91. The molecule has 2 N–H and O–H groups in total. The fourth-order valence-electron chi connectivity index (χ4n) is 0.356. The molecule has 0 aliphatic rings. The maximum absolute atomic E-state index is 10.1. The van der Waals surface area contributed by atoms with Gasteiger partial charge in [-0.05, 0) is 0 Å². The topological polar surface area (TPSA) is 83.5 Å². The molecule has 0 aromatic rings. The molecular formula is C4H9LiNO4S. The number of carbonyl (C=O) groups excluding carboxylic acids is 1. The van der Waals surface area contributed by atoms with Crippen molar-refractivity contribution in [1.82, 2.24) is 5.32 Å². The van der Waals surface area contributed by atoms with Gasteiger partial charge in [0.1, 0.15) is 0 Å². The second-order valence-corrected chi connectivity index (χ2v) is 3.34. The van der Waals surface area contributed by atoms with Gasteiger partial charge in [0.05, 0.1) is 5.75 Å². The number of rotatable bonds is 3. The minimum Gasteiger partial charge on any atom is -0.355 e. The summed E-state index contributed by atoms with van der Waals surface area (Å²) in [5.74, 6) is -0.754. The third-order valence-corrected chi connectivity index (χ3v) is 1.45. The van der Waals surface area contributed by atoms with Crippen molar-refractivity contribution in [3.63, 3.8) is 0 Å². The smallest absolute Gasteiger partial charge is 0.266 e. The molecule has 0 saturated heterocycles. The first kappa shape index (κ1) is 13.6. The van der Waals surface area contributed by atoms with E-state index in [4.69, 9.17) is 4.55 Å².